The van der Waals surface area contributed by atoms with Crippen LogP contribution in [0, 0.1) is 5.82 Å². The minimum atomic E-state index is -1.48. The van der Waals surface area contributed by atoms with Gasteiger partial charge < -0.3 is 15.4 Å². The molecule has 0 saturated carbocycles. The number of nitrogens with one attached hydrogen (secondary N) is 2. The lowest BCUT2D eigenvalue weighted by atomic mass is 9.92. The predicted molar refractivity (Wildman–Crippen MR) is 109 cm³/mol. The Balaban J connectivity index is 1.60. The van der Waals surface area contributed by atoms with Gasteiger partial charge >= 0.3 is 6.03 Å². The highest BCUT2D eigenvalue weighted by Gasteiger charge is 2.50. The van der Waals surface area contributed by atoms with Gasteiger partial charge in [-0.3, -0.25) is 14.5 Å². The molecule has 30 heavy (non-hydrogen) atoms. The first-order valence-electron chi connectivity index (χ1n) is 9.24. The molecule has 1 unspecified atom stereocenters. The first kappa shape index (κ1) is 21.6. The van der Waals surface area contributed by atoms with E-state index in [4.69, 9.17) is 16.3 Å². The van der Waals surface area contributed by atoms with Crippen LogP contribution in [0.2, 0.25) is 5.02 Å². The third-order valence-corrected chi connectivity index (χ3v) is 5.25. The summed E-state index contributed by atoms with van der Waals surface area (Å²) < 4.78 is 18.4. The Kier molecular flexibility index (Phi) is 6.26. The van der Waals surface area contributed by atoms with Gasteiger partial charge in [0.1, 0.15) is 23.7 Å². The van der Waals surface area contributed by atoms with Crippen LogP contribution in [0.3, 0.4) is 0 Å². The molecule has 0 bridgehead atoms. The van der Waals surface area contributed by atoms with Crippen molar-refractivity contribution in [2.45, 2.75) is 18.9 Å². The number of hydrogen-bond acceptors (Lipinski definition) is 4. The zero-order valence-electron chi connectivity index (χ0n) is 16.5. The lowest BCUT2D eigenvalue weighted by Crippen LogP contribution is -2.43. The van der Waals surface area contributed by atoms with Gasteiger partial charge in [-0.25, -0.2) is 9.18 Å². The molecule has 2 aromatic carbocycles. The average Bonchev–Trinajstić information content (AvgIpc) is 2.92. The number of halogens is 2. The monoisotopic (exact) mass is 433 g/mol. The Bertz CT molecular complexity index is 983. The number of rotatable bonds is 7. The van der Waals surface area contributed by atoms with E-state index in [2.05, 4.69) is 10.6 Å². The molecule has 1 fully saturated rings. The molecule has 0 radical (unpaired) electrons. The number of carbonyl (C=O) groups is 3. The van der Waals surface area contributed by atoms with E-state index >= 15 is 0 Å². The van der Waals surface area contributed by atoms with Crippen molar-refractivity contribution in [2.24, 2.45) is 0 Å². The molecule has 1 atom stereocenters. The summed E-state index contributed by atoms with van der Waals surface area (Å²) in [6.07, 6.45) is 0.582. The van der Waals surface area contributed by atoms with Gasteiger partial charge in [0.2, 0.25) is 5.91 Å². The van der Waals surface area contributed by atoms with Crippen LogP contribution >= 0.6 is 11.6 Å². The van der Waals surface area contributed by atoms with Crippen LogP contribution in [-0.4, -0.2) is 42.9 Å². The number of urea groups is 1. The molecular formula is C21H21ClFN3O4. The second-order valence-corrected chi connectivity index (χ2v) is 7.43. The van der Waals surface area contributed by atoms with Gasteiger partial charge in [0.05, 0.1) is 7.11 Å². The molecule has 1 heterocycles. The highest BCUT2D eigenvalue weighted by molar-refractivity contribution is 6.32. The molecule has 1 aliphatic rings. The maximum absolute atomic E-state index is 13.3. The summed E-state index contributed by atoms with van der Waals surface area (Å²) in [4.78, 5) is 38.3. The smallest absolute Gasteiger partial charge is 0.325 e. The molecule has 4 amide bonds. The third kappa shape index (κ3) is 4.38. The van der Waals surface area contributed by atoms with E-state index in [0.717, 1.165) is 28.3 Å². The Morgan fingerprint density at radius 3 is 2.57 bits per heavy atom. The Morgan fingerprint density at radius 1 is 1.23 bits per heavy atom. The predicted octanol–water partition coefficient (Wildman–Crippen LogP) is 2.61. The SMILES string of the molecule is COc1ccc(CCNC(=O)CN2C(=O)NC(C)(c3ccc(F)cc3Cl)C2=O)cc1. The molecule has 0 aliphatic carbocycles. The topological polar surface area (TPSA) is 87.7 Å². The van der Waals surface area contributed by atoms with Crippen molar-refractivity contribution in [3.63, 3.8) is 0 Å². The molecule has 9 heteroatoms. The summed E-state index contributed by atoms with van der Waals surface area (Å²) in [6, 6.07) is 10.3. The normalized spacial score (nSPS) is 18.3. The average molecular weight is 434 g/mol. The van der Waals surface area contributed by atoms with Crippen LogP contribution in [0.4, 0.5) is 9.18 Å². The third-order valence-electron chi connectivity index (χ3n) is 4.94. The fourth-order valence-corrected chi connectivity index (χ4v) is 3.61. The van der Waals surface area contributed by atoms with E-state index in [1.807, 2.05) is 24.3 Å². The molecule has 1 aliphatic heterocycles. The van der Waals surface area contributed by atoms with Gasteiger partial charge in [0.15, 0.2) is 0 Å². The Labute approximate surface area is 178 Å². The maximum Gasteiger partial charge on any atom is 0.325 e. The highest BCUT2D eigenvalue weighted by atomic mass is 35.5. The first-order valence-corrected chi connectivity index (χ1v) is 9.61. The van der Waals surface area contributed by atoms with E-state index in [9.17, 15) is 18.8 Å². The van der Waals surface area contributed by atoms with Crippen molar-refractivity contribution in [1.82, 2.24) is 15.5 Å². The van der Waals surface area contributed by atoms with Crippen molar-refractivity contribution < 1.29 is 23.5 Å². The van der Waals surface area contributed by atoms with Crippen LogP contribution in [0.15, 0.2) is 42.5 Å². The molecule has 0 aromatic heterocycles. The van der Waals surface area contributed by atoms with Crippen LogP contribution in [0.25, 0.3) is 0 Å². The summed E-state index contributed by atoms with van der Waals surface area (Å²) in [6.45, 7) is 1.38. The van der Waals surface area contributed by atoms with Crippen LogP contribution < -0.4 is 15.4 Å². The second kappa shape index (κ2) is 8.71. The zero-order chi connectivity index (χ0) is 21.9. The van der Waals surface area contributed by atoms with E-state index in [1.165, 1.54) is 13.0 Å². The van der Waals surface area contributed by atoms with Crippen molar-refractivity contribution in [3.05, 3.63) is 64.4 Å². The summed E-state index contributed by atoms with van der Waals surface area (Å²) >= 11 is 6.06. The fourth-order valence-electron chi connectivity index (χ4n) is 3.26. The number of benzene rings is 2. The summed E-state index contributed by atoms with van der Waals surface area (Å²) in [5, 5.41) is 5.25. The van der Waals surface area contributed by atoms with Gasteiger partial charge in [0.25, 0.3) is 5.91 Å². The molecule has 158 valence electrons. The number of nitrogens with zero attached hydrogens (tertiary/aromatic N) is 1. The second-order valence-electron chi connectivity index (χ2n) is 7.02. The van der Waals surface area contributed by atoms with Gasteiger partial charge in [-0.05, 0) is 43.2 Å². The molecule has 2 aromatic rings. The van der Waals surface area contributed by atoms with Crippen molar-refractivity contribution in [1.29, 1.82) is 0 Å². The Morgan fingerprint density at radius 2 is 1.93 bits per heavy atom. The summed E-state index contributed by atoms with van der Waals surface area (Å²) in [7, 11) is 1.58. The van der Waals surface area contributed by atoms with Gasteiger partial charge in [-0.1, -0.05) is 29.8 Å². The number of ether oxygens (including phenoxy) is 1. The molecule has 7 nitrogen and oxygen atoms in total. The standard InChI is InChI=1S/C21H21ClFN3O4/c1-21(16-8-5-14(23)11-17(16)22)19(28)26(20(29)25-21)12-18(27)24-10-9-13-3-6-15(30-2)7-4-13/h3-8,11H,9-10,12H2,1-2H3,(H,24,27)(H,25,29). The molecule has 0 spiro atoms. The maximum atomic E-state index is 13.3. The Hall–Kier alpha value is -3.13. The van der Waals surface area contributed by atoms with Gasteiger partial charge in [-0.15, -0.1) is 0 Å². The van der Waals surface area contributed by atoms with Gasteiger partial charge in [0, 0.05) is 17.1 Å². The van der Waals surface area contributed by atoms with E-state index in [1.54, 1.807) is 7.11 Å². The minimum Gasteiger partial charge on any atom is -0.497 e. The molecule has 3 rings (SSSR count). The minimum absolute atomic E-state index is 0.0111. The number of amides is 4. The zero-order valence-corrected chi connectivity index (χ0v) is 17.3. The fraction of sp³-hybridized carbons (Fsp3) is 0.286. The van der Waals surface area contributed by atoms with E-state index in [0.29, 0.717) is 13.0 Å². The highest BCUT2D eigenvalue weighted by Crippen LogP contribution is 2.33. The molecule has 2 N–H and O–H groups in total. The first-order chi connectivity index (χ1) is 14.2. The lowest BCUT2D eigenvalue weighted by molar-refractivity contribution is -0.134. The van der Waals surface area contributed by atoms with Crippen LogP contribution in [0.5, 0.6) is 5.75 Å². The number of carbonyl (C=O) groups excluding carboxylic acids is 3. The van der Waals surface area contributed by atoms with Crippen LogP contribution in [0.1, 0.15) is 18.1 Å². The molecule has 1 saturated heterocycles. The van der Waals surface area contributed by atoms with Crippen LogP contribution in [-0.2, 0) is 21.5 Å². The van der Waals surface area contributed by atoms with Crippen molar-refractivity contribution in [2.75, 3.05) is 20.2 Å². The lowest BCUT2D eigenvalue weighted by Gasteiger charge is -2.23. The number of hydrogen-bond donors (Lipinski definition) is 2. The largest absolute Gasteiger partial charge is 0.497 e. The summed E-state index contributed by atoms with van der Waals surface area (Å²) in [5.74, 6) is -0.921. The van der Waals surface area contributed by atoms with E-state index < -0.39 is 35.7 Å². The van der Waals surface area contributed by atoms with Gasteiger partial charge in [-0.2, -0.15) is 0 Å². The quantitative estimate of drug-likeness (QED) is 0.657. The number of methoxy groups -OCH3 is 1. The number of imide groups is 1. The van der Waals surface area contributed by atoms with E-state index in [-0.39, 0.29) is 10.6 Å². The molecular weight excluding hydrogens is 413 g/mol. The van der Waals surface area contributed by atoms with Crippen molar-refractivity contribution in [3.8, 4) is 5.75 Å². The van der Waals surface area contributed by atoms with Crippen molar-refractivity contribution >= 4 is 29.4 Å². The summed E-state index contributed by atoms with van der Waals surface area (Å²) in [5.41, 5.74) is -0.221.